The number of phenols is 1. The summed E-state index contributed by atoms with van der Waals surface area (Å²) in [4.78, 5) is 12.2. The van der Waals surface area contributed by atoms with E-state index in [-0.39, 0.29) is 28.9 Å². The molecule has 2 rings (SSSR count). The van der Waals surface area contributed by atoms with Gasteiger partial charge in [-0.05, 0) is 25.0 Å². The highest BCUT2D eigenvalue weighted by atomic mass is 35.5. The third kappa shape index (κ3) is 3.87. The molecule has 1 heterocycles. The number of phenolic OH excluding ortho intramolecular Hbond substituents is 1. The Labute approximate surface area is 128 Å². The maximum Gasteiger partial charge on any atom is 0.256 e. The van der Waals surface area contributed by atoms with Crippen LogP contribution in [0.25, 0.3) is 0 Å². The second-order valence-corrected chi connectivity index (χ2v) is 7.46. The van der Waals surface area contributed by atoms with Gasteiger partial charge in [0.05, 0.1) is 16.8 Å². The Morgan fingerprint density at radius 2 is 2.19 bits per heavy atom. The lowest BCUT2D eigenvalue weighted by molar-refractivity contribution is 0.0919. The first kappa shape index (κ1) is 16.1. The van der Waals surface area contributed by atoms with E-state index in [1.807, 2.05) is 0 Å². The Morgan fingerprint density at radius 3 is 2.81 bits per heavy atom. The lowest BCUT2D eigenvalue weighted by Gasteiger charge is -2.31. The molecule has 0 aliphatic carbocycles. The van der Waals surface area contributed by atoms with Crippen LogP contribution in [0.2, 0.25) is 5.02 Å². The van der Waals surface area contributed by atoms with E-state index >= 15 is 0 Å². The molecule has 0 aromatic heterocycles. The molecule has 21 heavy (non-hydrogen) atoms. The lowest BCUT2D eigenvalue weighted by Crippen LogP contribution is -2.49. The predicted octanol–water partition coefficient (Wildman–Crippen LogP) is 1.20. The third-order valence-corrected chi connectivity index (χ3v) is 4.99. The normalized spacial score (nSPS) is 20.2. The van der Waals surface area contributed by atoms with Crippen molar-refractivity contribution in [1.82, 2.24) is 9.62 Å². The fourth-order valence-corrected chi connectivity index (χ4v) is 3.52. The number of sulfonamides is 1. The van der Waals surface area contributed by atoms with Crippen LogP contribution in [-0.2, 0) is 10.0 Å². The average molecular weight is 333 g/mol. The molecule has 1 fully saturated rings. The molecule has 1 aliphatic rings. The van der Waals surface area contributed by atoms with Gasteiger partial charge in [0.1, 0.15) is 5.75 Å². The Bertz CT molecular complexity index is 627. The van der Waals surface area contributed by atoms with Crippen molar-refractivity contribution < 1.29 is 18.3 Å². The van der Waals surface area contributed by atoms with Gasteiger partial charge in [-0.1, -0.05) is 17.7 Å². The number of carbonyl (C=O) groups excluding carboxylic acids is 1. The SMILES string of the molecule is CS(=O)(=O)N1CCC[C@H](NC(=O)c2c(O)cccc2Cl)C1. The number of amides is 1. The number of hydrogen-bond acceptors (Lipinski definition) is 4. The maximum absolute atomic E-state index is 12.2. The fraction of sp³-hybridized carbons (Fsp3) is 0.462. The van der Waals surface area contributed by atoms with Gasteiger partial charge in [-0.25, -0.2) is 12.7 Å². The molecule has 0 radical (unpaired) electrons. The first-order valence-corrected chi connectivity index (χ1v) is 8.75. The quantitative estimate of drug-likeness (QED) is 0.870. The molecule has 1 amide bonds. The van der Waals surface area contributed by atoms with Crippen molar-refractivity contribution in [1.29, 1.82) is 0 Å². The van der Waals surface area contributed by atoms with Crippen LogP contribution in [0.15, 0.2) is 18.2 Å². The van der Waals surface area contributed by atoms with Crippen LogP contribution in [0.1, 0.15) is 23.2 Å². The number of halogens is 1. The largest absolute Gasteiger partial charge is 0.507 e. The monoisotopic (exact) mass is 332 g/mol. The first-order chi connectivity index (χ1) is 9.79. The predicted molar refractivity (Wildman–Crippen MR) is 80.0 cm³/mol. The molecule has 0 bridgehead atoms. The highest BCUT2D eigenvalue weighted by molar-refractivity contribution is 7.88. The van der Waals surface area contributed by atoms with Crippen molar-refractivity contribution in [2.45, 2.75) is 18.9 Å². The van der Waals surface area contributed by atoms with Gasteiger partial charge >= 0.3 is 0 Å². The zero-order valence-electron chi connectivity index (χ0n) is 11.5. The molecule has 8 heteroatoms. The van der Waals surface area contributed by atoms with E-state index in [1.54, 1.807) is 6.07 Å². The molecule has 6 nitrogen and oxygen atoms in total. The minimum Gasteiger partial charge on any atom is -0.507 e. The van der Waals surface area contributed by atoms with Crippen molar-refractivity contribution in [2.24, 2.45) is 0 Å². The van der Waals surface area contributed by atoms with Gasteiger partial charge in [0.2, 0.25) is 10.0 Å². The Morgan fingerprint density at radius 1 is 1.48 bits per heavy atom. The molecule has 2 N–H and O–H groups in total. The summed E-state index contributed by atoms with van der Waals surface area (Å²) in [6.45, 7) is 0.693. The van der Waals surface area contributed by atoms with Crippen molar-refractivity contribution >= 4 is 27.5 Å². The van der Waals surface area contributed by atoms with E-state index < -0.39 is 15.9 Å². The zero-order chi connectivity index (χ0) is 15.6. The van der Waals surface area contributed by atoms with Gasteiger partial charge < -0.3 is 10.4 Å². The highest BCUT2D eigenvalue weighted by Crippen LogP contribution is 2.25. The molecule has 1 aliphatic heterocycles. The van der Waals surface area contributed by atoms with Crippen LogP contribution in [0.5, 0.6) is 5.75 Å². The summed E-state index contributed by atoms with van der Waals surface area (Å²) in [5, 5.41) is 12.6. The Balaban J connectivity index is 2.10. The van der Waals surface area contributed by atoms with E-state index in [9.17, 15) is 18.3 Å². The summed E-state index contributed by atoms with van der Waals surface area (Å²) in [5.74, 6) is -0.700. The van der Waals surface area contributed by atoms with Gasteiger partial charge in [0, 0.05) is 19.1 Å². The molecule has 0 unspecified atom stereocenters. The van der Waals surface area contributed by atoms with Crippen LogP contribution in [0, 0.1) is 0 Å². The third-order valence-electron chi connectivity index (χ3n) is 3.41. The Hall–Kier alpha value is -1.31. The summed E-state index contributed by atoms with van der Waals surface area (Å²) in [7, 11) is -3.27. The molecule has 116 valence electrons. The van der Waals surface area contributed by atoms with Crippen LogP contribution in [-0.4, -0.2) is 49.1 Å². The van der Waals surface area contributed by atoms with E-state index in [0.29, 0.717) is 19.4 Å². The number of hydrogen-bond donors (Lipinski definition) is 2. The smallest absolute Gasteiger partial charge is 0.256 e. The molecule has 1 aromatic rings. The number of nitrogens with zero attached hydrogens (tertiary/aromatic N) is 1. The fourth-order valence-electron chi connectivity index (χ4n) is 2.36. The van der Waals surface area contributed by atoms with Gasteiger partial charge in [0.25, 0.3) is 5.91 Å². The van der Waals surface area contributed by atoms with Crippen LogP contribution < -0.4 is 5.32 Å². The van der Waals surface area contributed by atoms with E-state index in [4.69, 9.17) is 11.6 Å². The van der Waals surface area contributed by atoms with E-state index in [1.165, 1.54) is 16.4 Å². The molecular formula is C13H17ClN2O4S. The number of rotatable bonds is 3. The minimum atomic E-state index is -3.27. The lowest BCUT2D eigenvalue weighted by atomic mass is 10.1. The Kier molecular flexibility index (Phi) is 4.75. The molecule has 0 saturated carbocycles. The van der Waals surface area contributed by atoms with E-state index in [0.717, 1.165) is 6.26 Å². The molecule has 1 saturated heterocycles. The standard InChI is InChI=1S/C13H17ClN2O4S/c1-21(19,20)16-7-3-4-9(8-16)15-13(18)12-10(14)5-2-6-11(12)17/h2,5-6,9,17H,3-4,7-8H2,1H3,(H,15,18)/t9-/m0/s1. The molecule has 1 aromatic carbocycles. The second-order valence-electron chi connectivity index (χ2n) is 5.07. The average Bonchev–Trinajstić information content (AvgIpc) is 2.37. The molecule has 1 atom stereocenters. The van der Waals surface area contributed by atoms with Crippen LogP contribution in [0.4, 0.5) is 0 Å². The summed E-state index contributed by atoms with van der Waals surface area (Å²) >= 11 is 5.92. The summed E-state index contributed by atoms with van der Waals surface area (Å²) < 4.78 is 24.4. The topological polar surface area (TPSA) is 86.7 Å². The zero-order valence-corrected chi connectivity index (χ0v) is 13.1. The maximum atomic E-state index is 12.2. The highest BCUT2D eigenvalue weighted by Gasteiger charge is 2.28. The van der Waals surface area contributed by atoms with Crippen molar-refractivity contribution in [2.75, 3.05) is 19.3 Å². The summed E-state index contributed by atoms with van der Waals surface area (Å²) in [5.41, 5.74) is 0.00986. The van der Waals surface area contributed by atoms with Crippen molar-refractivity contribution in [3.63, 3.8) is 0 Å². The molecular weight excluding hydrogens is 316 g/mol. The first-order valence-electron chi connectivity index (χ1n) is 6.52. The van der Waals surface area contributed by atoms with Crippen molar-refractivity contribution in [3.8, 4) is 5.75 Å². The summed E-state index contributed by atoms with van der Waals surface area (Å²) in [6.07, 6.45) is 2.51. The van der Waals surface area contributed by atoms with Crippen molar-refractivity contribution in [3.05, 3.63) is 28.8 Å². The molecule has 0 spiro atoms. The number of carbonyl (C=O) groups is 1. The number of aromatic hydroxyl groups is 1. The minimum absolute atomic E-state index is 0.00986. The number of piperidine rings is 1. The van der Waals surface area contributed by atoms with Gasteiger partial charge in [-0.3, -0.25) is 4.79 Å². The van der Waals surface area contributed by atoms with Crippen LogP contribution in [0.3, 0.4) is 0 Å². The second kappa shape index (κ2) is 6.21. The van der Waals surface area contributed by atoms with E-state index in [2.05, 4.69) is 5.32 Å². The number of nitrogens with one attached hydrogen (secondary N) is 1. The number of benzene rings is 1. The summed E-state index contributed by atoms with van der Waals surface area (Å²) in [6, 6.07) is 4.14. The van der Waals surface area contributed by atoms with Gasteiger partial charge in [0.15, 0.2) is 0 Å². The van der Waals surface area contributed by atoms with Gasteiger partial charge in [-0.2, -0.15) is 0 Å². The van der Waals surface area contributed by atoms with Gasteiger partial charge in [-0.15, -0.1) is 0 Å². The van der Waals surface area contributed by atoms with Crippen LogP contribution >= 0.6 is 11.6 Å².